The number of carboxylic acid groups (broad SMARTS) is 1. The molecule has 5 nitrogen and oxygen atoms in total. The van der Waals surface area contributed by atoms with E-state index >= 15 is 0 Å². The first-order valence-electron chi connectivity index (χ1n) is 6.66. The van der Waals surface area contributed by atoms with Gasteiger partial charge in [0, 0.05) is 18.8 Å². The predicted octanol–water partition coefficient (Wildman–Crippen LogP) is 2.28. The standard InChI is InChI=1S/C14H19N3O2S/c1-9-3-2-6-17(8-9)12-5-4-10(16-14(15)20)7-11(12)13(18)19/h4-5,7,9H,2-3,6,8H2,1H3,(H,18,19)(H3,15,16,20). The smallest absolute Gasteiger partial charge is 0.337 e. The number of aromatic carboxylic acids is 1. The van der Waals surface area contributed by atoms with Crippen molar-refractivity contribution in [1.29, 1.82) is 0 Å². The highest BCUT2D eigenvalue weighted by atomic mass is 32.1. The van der Waals surface area contributed by atoms with Crippen LogP contribution in [0.25, 0.3) is 0 Å². The second kappa shape index (κ2) is 6.09. The van der Waals surface area contributed by atoms with Gasteiger partial charge in [0.05, 0.1) is 11.3 Å². The molecule has 6 heteroatoms. The van der Waals surface area contributed by atoms with Crippen molar-refractivity contribution in [3.63, 3.8) is 0 Å². The van der Waals surface area contributed by atoms with Crippen LogP contribution in [-0.2, 0) is 0 Å². The van der Waals surface area contributed by atoms with Crippen LogP contribution in [0.1, 0.15) is 30.1 Å². The maximum Gasteiger partial charge on any atom is 0.337 e. The van der Waals surface area contributed by atoms with Crippen LogP contribution in [0.15, 0.2) is 18.2 Å². The Labute approximate surface area is 123 Å². The minimum Gasteiger partial charge on any atom is -0.478 e. The molecule has 108 valence electrons. The average molecular weight is 293 g/mol. The van der Waals surface area contributed by atoms with Gasteiger partial charge in [0.25, 0.3) is 0 Å². The number of thiocarbonyl (C=S) groups is 1. The number of carboxylic acids is 1. The molecular weight excluding hydrogens is 274 g/mol. The summed E-state index contributed by atoms with van der Waals surface area (Å²) in [7, 11) is 0. The van der Waals surface area contributed by atoms with Crippen LogP contribution in [0.4, 0.5) is 11.4 Å². The summed E-state index contributed by atoms with van der Waals surface area (Å²) in [4.78, 5) is 13.6. The SMILES string of the molecule is CC1CCCN(c2ccc(NC(N)=S)cc2C(=O)O)C1. The predicted molar refractivity (Wildman–Crippen MR) is 84.4 cm³/mol. The van der Waals surface area contributed by atoms with Crippen molar-refractivity contribution in [2.45, 2.75) is 19.8 Å². The third-order valence-corrected chi connectivity index (χ3v) is 3.59. The van der Waals surface area contributed by atoms with E-state index in [9.17, 15) is 9.90 Å². The number of benzene rings is 1. The fourth-order valence-corrected chi connectivity index (χ4v) is 2.73. The molecule has 0 spiro atoms. The molecule has 1 heterocycles. The van der Waals surface area contributed by atoms with E-state index in [-0.39, 0.29) is 10.7 Å². The summed E-state index contributed by atoms with van der Waals surface area (Å²) in [6.07, 6.45) is 2.28. The van der Waals surface area contributed by atoms with Crippen LogP contribution in [-0.4, -0.2) is 29.3 Å². The van der Waals surface area contributed by atoms with E-state index in [1.54, 1.807) is 12.1 Å². The van der Waals surface area contributed by atoms with Gasteiger partial charge in [-0.15, -0.1) is 0 Å². The molecule has 1 atom stereocenters. The first-order valence-corrected chi connectivity index (χ1v) is 7.07. The lowest BCUT2D eigenvalue weighted by molar-refractivity contribution is 0.0697. The Balaban J connectivity index is 2.32. The van der Waals surface area contributed by atoms with Gasteiger partial charge in [0.15, 0.2) is 5.11 Å². The molecule has 1 aliphatic heterocycles. The second-order valence-electron chi connectivity index (χ2n) is 5.22. The minimum atomic E-state index is -0.940. The van der Waals surface area contributed by atoms with Crippen LogP contribution < -0.4 is 16.0 Å². The summed E-state index contributed by atoms with van der Waals surface area (Å²) in [6.45, 7) is 3.98. The fraction of sp³-hybridized carbons (Fsp3) is 0.429. The van der Waals surface area contributed by atoms with Crippen molar-refractivity contribution in [1.82, 2.24) is 0 Å². The Kier molecular flexibility index (Phi) is 4.44. The molecule has 1 unspecified atom stereocenters. The third kappa shape index (κ3) is 3.39. The highest BCUT2D eigenvalue weighted by Crippen LogP contribution is 2.28. The molecular formula is C14H19N3O2S. The Morgan fingerprint density at radius 1 is 1.55 bits per heavy atom. The highest BCUT2D eigenvalue weighted by Gasteiger charge is 2.21. The Morgan fingerprint density at radius 2 is 2.30 bits per heavy atom. The van der Waals surface area contributed by atoms with E-state index in [1.807, 2.05) is 6.07 Å². The van der Waals surface area contributed by atoms with Gasteiger partial charge in [-0.1, -0.05) is 6.92 Å². The van der Waals surface area contributed by atoms with Gasteiger partial charge < -0.3 is 21.1 Å². The van der Waals surface area contributed by atoms with Gasteiger partial charge in [-0.2, -0.15) is 0 Å². The number of nitrogens with one attached hydrogen (secondary N) is 1. The number of nitrogens with two attached hydrogens (primary N) is 1. The lowest BCUT2D eigenvalue weighted by Crippen LogP contribution is -2.35. The number of hydrogen-bond donors (Lipinski definition) is 3. The van der Waals surface area contributed by atoms with E-state index in [1.165, 1.54) is 6.42 Å². The number of nitrogens with zero attached hydrogens (tertiary/aromatic N) is 1. The van der Waals surface area contributed by atoms with Crippen molar-refractivity contribution in [2.75, 3.05) is 23.3 Å². The van der Waals surface area contributed by atoms with Gasteiger partial charge in [-0.25, -0.2) is 4.79 Å². The topological polar surface area (TPSA) is 78.6 Å². The lowest BCUT2D eigenvalue weighted by atomic mass is 9.98. The monoisotopic (exact) mass is 293 g/mol. The summed E-state index contributed by atoms with van der Waals surface area (Å²) in [6, 6.07) is 5.21. The molecule has 1 fully saturated rings. The third-order valence-electron chi connectivity index (χ3n) is 3.49. The zero-order valence-electron chi connectivity index (χ0n) is 11.4. The average Bonchev–Trinajstić information content (AvgIpc) is 2.37. The normalized spacial score (nSPS) is 18.6. The van der Waals surface area contributed by atoms with Gasteiger partial charge >= 0.3 is 5.97 Å². The summed E-state index contributed by atoms with van der Waals surface area (Å²) in [5.41, 5.74) is 7.05. The van der Waals surface area contributed by atoms with E-state index in [4.69, 9.17) is 18.0 Å². The Bertz CT molecular complexity index is 533. The van der Waals surface area contributed by atoms with E-state index in [2.05, 4.69) is 17.1 Å². The van der Waals surface area contributed by atoms with Crippen LogP contribution in [0.2, 0.25) is 0 Å². The Morgan fingerprint density at radius 3 is 2.90 bits per heavy atom. The molecule has 0 aliphatic carbocycles. The molecule has 1 aromatic carbocycles. The van der Waals surface area contributed by atoms with Crippen molar-refractivity contribution in [3.05, 3.63) is 23.8 Å². The quantitative estimate of drug-likeness (QED) is 0.742. The van der Waals surface area contributed by atoms with Gasteiger partial charge in [-0.05, 0) is 49.2 Å². The van der Waals surface area contributed by atoms with Crippen molar-refractivity contribution in [3.8, 4) is 0 Å². The molecule has 1 aromatic rings. The molecule has 2 rings (SSSR count). The second-order valence-corrected chi connectivity index (χ2v) is 5.66. The molecule has 0 amide bonds. The van der Waals surface area contributed by atoms with Gasteiger partial charge in [-0.3, -0.25) is 0 Å². The van der Waals surface area contributed by atoms with Crippen LogP contribution in [0.3, 0.4) is 0 Å². The maximum atomic E-state index is 11.5. The summed E-state index contributed by atoms with van der Waals surface area (Å²) >= 11 is 4.77. The van der Waals surface area contributed by atoms with Crippen LogP contribution >= 0.6 is 12.2 Å². The largest absolute Gasteiger partial charge is 0.478 e. The fourth-order valence-electron chi connectivity index (χ4n) is 2.61. The molecule has 0 bridgehead atoms. The molecule has 1 aliphatic rings. The van der Waals surface area contributed by atoms with Crippen molar-refractivity contribution < 1.29 is 9.90 Å². The number of anilines is 2. The number of carbonyl (C=O) groups is 1. The molecule has 20 heavy (non-hydrogen) atoms. The number of rotatable bonds is 3. The zero-order chi connectivity index (χ0) is 14.7. The number of piperidine rings is 1. The molecule has 0 aromatic heterocycles. The first kappa shape index (κ1) is 14.6. The summed E-state index contributed by atoms with van der Waals surface area (Å²) < 4.78 is 0. The summed E-state index contributed by atoms with van der Waals surface area (Å²) in [5.74, 6) is -0.357. The van der Waals surface area contributed by atoms with E-state index in [0.717, 1.165) is 25.2 Å². The molecule has 1 saturated heterocycles. The van der Waals surface area contributed by atoms with Crippen LogP contribution in [0.5, 0.6) is 0 Å². The zero-order valence-corrected chi connectivity index (χ0v) is 12.2. The maximum absolute atomic E-state index is 11.5. The molecule has 0 radical (unpaired) electrons. The van der Waals surface area contributed by atoms with Gasteiger partial charge in [0.1, 0.15) is 0 Å². The van der Waals surface area contributed by atoms with Gasteiger partial charge in [0.2, 0.25) is 0 Å². The number of hydrogen-bond acceptors (Lipinski definition) is 3. The lowest BCUT2D eigenvalue weighted by Gasteiger charge is -2.33. The molecule has 0 saturated carbocycles. The minimum absolute atomic E-state index is 0.126. The van der Waals surface area contributed by atoms with Crippen molar-refractivity contribution in [2.24, 2.45) is 11.7 Å². The van der Waals surface area contributed by atoms with E-state index < -0.39 is 5.97 Å². The van der Waals surface area contributed by atoms with Crippen molar-refractivity contribution >= 4 is 34.7 Å². The van der Waals surface area contributed by atoms with E-state index in [0.29, 0.717) is 11.6 Å². The summed E-state index contributed by atoms with van der Waals surface area (Å²) in [5, 5.41) is 12.3. The highest BCUT2D eigenvalue weighted by molar-refractivity contribution is 7.80. The van der Waals surface area contributed by atoms with Crippen LogP contribution in [0, 0.1) is 5.92 Å². The molecule has 4 N–H and O–H groups in total. The Hall–Kier alpha value is -1.82. The first-order chi connectivity index (χ1) is 9.47.